The zero-order valence-corrected chi connectivity index (χ0v) is 36.9. The lowest BCUT2D eigenvalue weighted by Gasteiger charge is -2.15. The summed E-state index contributed by atoms with van der Waals surface area (Å²) in [4.78, 5) is 0. The second-order valence-electron chi connectivity index (χ2n) is 17.9. The first-order chi connectivity index (χ1) is 32.7. The highest BCUT2D eigenvalue weighted by Gasteiger charge is 2.30. The summed E-state index contributed by atoms with van der Waals surface area (Å²) in [6.45, 7) is 0. The Bertz CT molecular complexity index is 4060. The number of furan rings is 1. The van der Waals surface area contributed by atoms with Crippen LogP contribution in [0, 0.1) is 0 Å². The van der Waals surface area contributed by atoms with Crippen LogP contribution < -0.4 is 0 Å². The van der Waals surface area contributed by atoms with E-state index in [2.05, 4.69) is 217 Å². The molecule has 0 amide bonds. The minimum Gasteiger partial charge on any atom is -0.456 e. The van der Waals surface area contributed by atoms with Crippen LogP contribution in [0.25, 0.3) is 114 Å². The van der Waals surface area contributed by atoms with Crippen LogP contribution in [0.5, 0.6) is 0 Å². The molecule has 1 unspecified atom stereocenters. The molecule has 2 nitrogen and oxygen atoms in total. The maximum absolute atomic E-state index is 6.22. The van der Waals surface area contributed by atoms with Gasteiger partial charge in [-0.2, -0.15) is 0 Å². The fourth-order valence-electron chi connectivity index (χ4n) is 11.0. The molecule has 1 aliphatic carbocycles. The largest absolute Gasteiger partial charge is 0.456 e. The molecule has 310 valence electrons. The van der Waals surface area contributed by atoms with Gasteiger partial charge in [0.15, 0.2) is 0 Å². The van der Waals surface area contributed by atoms with Gasteiger partial charge < -0.3 is 8.98 Å². The lowest BCUT2D eigenvalue weighted by molar-refractivity contribution is 0.669. The van der Waals surface area contributed by atoms with E-state index in [1.54, 1.807) is 0 Å². The Morgan fingerprint density at radius 2 is 0.924 bits per heavy atom. The van der Waals surface area contributed by atoms with Gasteiger partial charge in [0.25, 0.3) is 0 Å². The molecule has 0 N–H and O–H groups in total. The maximum Gasteiger partial charge on any atom is 0.135 e. The van der Waals surface area contributed by atoms with Gasteiger partial charge in [0, 0.05) is 53.3 Å². The van der Waals surface area contributed by atoms with Gasteiger partial charge in [0.2, 0.25) is 0 Å². The summed E-state index contributed by atoms with van der Waals surface area (Å²) in [5.41, 5.74) is 19.6. The highest BCUT2D eigenvalue weighted by Crippen LogP contribution is 2.50. The van der Waals surface area contributed by atoms with E-state index in [9.17, 15) is 0 Å². The number of fused-ring (bicyclic) bond motifs is 12. The minimum atomic E-state index is 0.313. The molecular weight excluding hydrogens is 819 g/mol. The molecule has 14 rings (SSSR count). The van der Waals surface area contributed by atoms with Crippen molar-refractivity contribution in [1.82, 2.24) is 4.57 Å². The predicted molar refractivity (Wildman–Crippen MR) is 279 cm³/mol. The standard InChI is InChI=1S/C63H41NOS/c1-3-11-39(12-4-1)19-26-47-48-27-20-42(33-52(48)53-34-43(21-28-49(47)53)45-24-31-61-56(37-45)50-15-7-9-17-60(50)65-61)44-23-30-59-55(36-44)54-35-41(40-13-5-2-6-14-40)22-29-58(54)64(59)46-25-32-63-57(38-46)51-16-8-10-18-62(51)66-63/h1-18,20-25,27-38,47H,19,26H2. The summed E-state index contributed by atoms with van der Waals surface area (Å²) < 4.78 is 11.3. The van der Waals surface area contributed by atoms with Crippen LogP contribution in [0.15, 0.2) is 223 Å². The number of rotatable bonds is 7. The number of aryl methyl sites for hydroxylation is 1. The number of hydrogen-bond donors (Lipinski definition) is 0. The molecule has 0 saturated carbocycles. The van der Waals surface area contributed by atoms with E-state index in [0.717, 1.165) is 34.8 Å². The van der Waals surface area contributed by atoms with Crippen LogP contribution >= 0.6 is 11.3 Å². The summed E-state index contributed by atoms with van der Waals surface area (Å²) in [7, 11) is 0. The number of nitrogens with zero attached hydrogens (tertiary/aromatic N) is 1. The van der Waals surface area contributed by atoms with E-state index in [4.69, 9.17) is 4.42 Å². The highest BCUT2D eigenvalue weighted by atomic mass is 32.1. The average molecular weight is 860 g/mol. The molecule has 3 heterocycles. The molecule has 0 spiro atoms. The summed E-state index contributed by atoms with van der Waals surface area (Å²) in [5.74, 6) is 0.313. The molecule has 3 heteroatoms. The van der Waals surface area contributed by atoms with Crippen molar-refractivity contribution in [2.45, 2.75) is 18.8 Å². The van der Waals surface area contributed by atoms with Crippen molar-refractivity contribution >= 4 is 75.3 Å². The summed E-state index contributed by atoms with van der Waals surface area (Å²) in [6.07, 6.45) is 2.08. The van der Waals surface area contributed by atoms with Crippen molar-refractivity contribution < 1.29 is 4.42 Å². The Balaban J connectivity index is 0.923. The first-order valence-electron chi connectivity index (χ1n) is 23.0. The third kappa shape index (κ3) is 5.94. The van der Waals surface area contributed by atoms with Crippen LogP contribution in [0.3, 0.4) is 0 Å². The van der Waals surface area contributed by atoms with Crippen LogP contribution in [0.4, 0.5) is 0 Å². The van der Waals surface area contributed by atoms with Gasteiger partial charge in [0.1, 0.15) is 11.2 Å². The highest BCUT2D eigenvalue weighted by molar-refractivity contribution is 7.25. The fraction of sp³-hybridized carbons (Fsp3) is 0.0476. The average Bonchev–Trinajstić information content (AvgIpc) is 4.12. The van der Waals surface area contributed by atoms with Gasteiger partial charge in [-0.25, -0.2) is 0 Å². The van der Waals surface area contributed by atoms with Gasteiger partial charge in [-0.1, -0.05) is 140 Å². The Hall–Kier alpha value is -7.98. The second kappa shape index (κ2) is 14.8. The molecule has 0 radical (unpaired) electrons. The summed E-state index contributed by atoms with van der Waals surface area (Å²) in [6, 6.07) is 81.0. The number of hydrogen-bond acceptors (Lipinski definition) is 2. The summed E-state index contributed by atoms with van der Waals surface area (Å²) >= 11 is 1.87. The zero-order valence-electron chi connectivity index (χ0n) is 36.0. The molecule has 0 fully saturated rings. The van der Waals surface area contributed by atoms with Gasteiger partial charge in [-0.3, -0.25) is 0 Å². The van der Waals surface area contributed by atoms with Crippen LogP contribution in [0.2, 0.25) is 0 Å². The van der Waals surface area contributed by atoms with E-state index in [1.165, 1.54) is 109 Å². The van der Waals surface area contributed by atoms with Crippen molar-refractivity contribution in [1.29, 1.82) is 0 Å². The Morgan fingerprint density at radius 1 is 0.379 bits per heavy atom. The molecule has 0 saturated heterocycles. The normalized spacial score (nSPS) is 13.4. The van der Waals surface area contributed by atoms with E-state index >= 15 is 0 Å². The Kier molecular flexibility index (Phi) is 8.38. The molecule has 13 aromatic rings. The van der Waals surface area contributed by atoms with Gasteiger partial charge in [-0.15, -0.1) is 11.3 Å². The molecule has 66 heavy (non-hydrogen) atoms. The first-order valence-corrected chi connectivity index (χ1v) is 23.8. The molecule has 0 bridgehead atoms. The third-order valence-electron chi connectivity index (χ3n) is 14.2. The second-order valence-corrected chi connectivity index (χ2v) is 19.0. The van der Waals surface area contributed by atoms with Crippen molar-refractivity contribution in [3.8, 4) is 50.2 Å². The van der Waals surface area contributed by atoms with Crippen LogP contribution in [-0.2, 0) is 6.42 Å². The molecule has 10 aromatic carbocycles. The monoisotopic (exact) mass is 859 g/mol. The van der Waals surface area contributed by atoms with Crippen LogP contribution in [-0.4, -0.2) is 4.57 Å². The third-order valence-corrected chi connectivity index (χ3v) is 15.4. The Labute approximate surface area is 386 Å². The van der Waals surface area contributed by atoms with Crippen molar-refractivity contribution in [2.24, 2.45) is 0 Å². The fourth-order valence-corrected chi connectivity index (χ4v) is 12.1. The minimum absolute atomic E-state index is 0.313. The van der Waals surface area contributed by atoms with Crippen molar-refractivity contribution in [2.75, 3.05) is 0 Å². The first kappa shape index (κ1) is 37.4. The zero-order chi connectivity index (χ0) is 43.3. The quantitative estimate of drug-likeness (QED) is 0.156. The van der Waals surface area contributed by atoms with E-state index in [1.807, 2.05) is 17.4 Å². The SMILES string of the molecule is c1ccc(CCC2c3ccc(-c4ccc5oc6ccccc6c5c4)cc3-c3cc(-c4ccc5c(c4)c4cc(-c6ccccc6)ccc4n5-c4ccc5sc6ccccc6c5c4)ccc32)cc1. The molecule has 1 aliphatic rings. The van der Waals surface area contributed by atoms with E-state index < -0.39 is 0 Å². The lowest BCUT2D eigenvalue weighted by atomic mass is 9.89. The summed E-state index contributed by atoms with van der Waals surface area (Å²) in [5, 5.41) is 7.43. The van der Waals surface area contributed by atoms with Gasteiger partial charge in [0.05, 0.1) is 11.0 Å². The van der Waals surface area contributed by atoms with Gasteiger partial charge >= 0.3 is 0 Å². The number of aromatic nitrogens is 1. The topological polar surface area (TPSA) is 18.1 Å². The van der Waals surface area contributed by atoms with Crippen molar-refractivity contribution in [3.63, 3.8) is 0 Å². The van der Waals surface area contributed by atoms with Gasteiger partial charge in [-0.05, 0) is 153 Å². The molecule has 3 aromatic heterocycles. The maximum atomic E-state index is 6.22. The number of benzene rings is 10. The lowest BCUT2D eigenvalue weighted by Crippen LogP contribution is -1.99. The molecular formula is C63H41NOS. The van der Waals surface area contributed by atoms with E-state index in [-0.39, 0.29) is 0 Å². The van der Waals surface area contributed by atoms with E-state index in [0.29, 0.717) is 5.92 Å². The molecule has 0 aliphatic heterocycles. The van der Waals surface area contributed by atoms with Crippen LogP contribution in [0.1, 0.15) is 29.0 Å². The molecule has 1 atom stereocenters. The van der Waals surface area contributed by atoms with Crippen molar-refractivity contribution in [3.05, 3.63) is 235 Å². The number of para-hydroxylation sites is 1. The Morgan fingerprint density at radius 3 is 1.65 bits per heavy atom. The predicted octanol–water partition coefficient (Wildman–Crippen LogP) is 17.8. The smallest absolute Gasteiger partial charge is 0.135 e. The number of thiophene rings is 1.